The molecule has 1 aromatic heterocycles. The van der Waals surface area contributed by atoms with E-state index in [-0.39, 0.29) is 30.8 Å². The van der Waals surface area contributed by atoms with Gasteiger partial charge in [0.25, 0.3) is 5.91 Å². The van der Waals surface area contributed by atoms with Gasteiger partial charge in [-0.2, -0.15) is 0 Å². The van der Waals surface area contributed by atoms with Crippen LogP contribution in [0.2, 0.25) is 0 Å². The Bertz CT molecular complexity index is 553. The second-order valence-corrected chi connectivity index (χ2v) is 5.87. The number of carbonyl (C=O) groups is 3. The van der Waals surface area contributed by atoms with Crippen LogP contribution in [0.5, 0.6) is 0 Å². The number of likely N-dealkylation sites (N-methyl/N-ethyl adjacent to an activating group) is 1. The van der Waals surface area contributed by atoms with Crippen LogP contribution >= 0.6 is 0 Å². The number of urea groups is 1. The quantitative estimate of drug-likeness (QED) is 0.739. The Morgan fingerprint density at radius 3 is 2.64 bits per heavy atom. The lowest BCUT2D eigenvalue weighted by atomic mass is 10.2. The molecule has 1 aliphatic heterocycles. The molecule has 0 atom stereocenters. The first-order valence-corrected chi connectivity index (χ1v) is 7.24. The van der Waals surface area contributed by atoms with Crippen LogP contribution < -0.4 is 0 Å². The van der Waals surface area contributed by atoms with Gasteiger partial charge in [-0.1, -0.05) is 13.8 Å². The monoisotopic (exact) mass is 307 g/mol. The lowest BCUT2D eigenvalue weighted by Crippen LogP contribution is -2.44. The average molecular weight is 307 g/mol. The smallest absolute Gasteiger partial charge is 0.327 e. The number of carbonyl (C=O) groups excluding carboxylic acids is 3. The summed E-state index contributed by atoms with van der Waals surface area (Å²) in [5.74, 6) is 0.335. The van der Waals surface area contributed by atoms with Crippen molar-refractivity contribution in [3.05, 3.63) is 24.2 Å². The Morgan fingerprint density at radius 2 is 2.14 bits per heavy atom. The van der Waals surface area contributed by atoms with Gasteiger partial charge in [0.05, 0.1) is 12.8 Å². The minimum absolute atomic E-state index is 0.0223. The second-order valence-electron chi connectivity index (χ2n) is 5.87. The maximum atomic E-state index is 12.5. The molecule has 0 unspecified atom stereocenters. The molecule has 0 saturated carbocycles. The average Bonchev–Trinajstić information content (AvgIpc) is 3.02. The fourth-order valence-corrected chi connectivity index (χ4v) is 2.35. The van der Waals surface area contributed by atoms with Gasteiger partial charge in [-0.25, -0.2) is 4.79 Å². The van der Waals surface area contributed by atoms with Crippen molar-refractivity contribution in [1.29, 1.82) is 0 Å². The van der Waals surface area contributed by atoms with Gasteiger partial charge in [0, 0.05) is 13.6 Å². The molecule has 1 aromatic rings. The lowest BCUT2D eigenvalue weighted by Gasteiger charge is -2.25. The number of imide groups is 1. The van der Waals surface area contributed by atoms with E-state index in [1.165, 1.54) is 4.90 Å². The third-order valence-corrected chi connectivity index (χ3v) is 3.39. The summed E-state index contributed by atoms with van der Waals surface area (Å²) in [7, 11) is 1.54. The molecule has 0 spiro atoms. The molecule has 0 N–H and O–H groups in total. The Balaban J connectivity index is 2.05. The van der Waals surface area contributed by atoms with Gasteiger partial charge >= 0.3 is 6.03 Å². The topological polar surface area (TPSA) is 74.1 Å². The van der Waals surface area contributed by atoms with Crippen molar-refractivity contribution in [2.45, 2.75) is 20.4 Å². The molecular formula is C15H21N3O4. The zero-order chi connectivity index (χ0) is 16.3. The van der Waals surface area contributed by atoms with Crippen LogP contribution in [0.3, 0.4) is 0 Å². The molecule has 0 aromatic carbocycles. The Hall–Kier alpha value is -2.31. The van der Waals surface area contributed by atoms with Crippen molar-refractivity contribution in [2.24, 2.45) is 5.92 Å². The lowest BCUT2D eigenvalue weighted by molar-refractivity contribution is -0.137. The zero-order valence-electron chi connectivity index (χ0n) is 13.1. The van der Waals surface area contributed by atoms with E-state index in [4.69, 9.17) is 4.42 Å². The third kappa shape index (κ3) is 3.66. The van der Waals surface area contributed by atoms with Gasteiger partial charge < -0.3 is 14.2 Å². The van der Waals surface area contributed by atoms with Crippen molar-refractivity contribution in [3.63, 3.8) is 0 Å². The van der Waals surface area contributed by atoms with E-state index in [9.17, 15) is 14.4 Å². The highest BCUT2D eigenvalue weighted by atomic mass is 16.3. The fourth-order valence-electron chi connectivity index (χ4n) is 2.35. The second kappa shape index (κ2) is 6.64. The summed E-state index contributed by atoms with van der Waals surface area (Å²) in [6.45, 7) is 4.66. The molecule has 4 amide bonds. The van der Waals surface area contributed by atoms with Gasteiger partial charge in [0.1, 0.15) is 18.8 Å². The molecule has 7 nitrogen and oxygen atoms in total. The minimum atomic E-state index is -0.430. The molecule has 7 heteroatoms. The van der Waals surface area contributed by atoms with E-state index in [0.29, 0.717) is 18.8 Å². The predicted octanol–water partition coefficient (Wildman–Crippen LogP) is 1.16. The SMILES string of the molecule is CC(C)CN(Cc1ccco1)C(=O)CN1C(=O)CN(C)C1=O. The number of nitrogens with zero attached hydrogens (tertiary/aromatic N) is 3. The van der Waals surface area contributed by atoms with Crippen LogP contribution in [0, 0.1) is 5.92 Å². The van der Waals surface area contributed by atoms with E-state index < -0.39 is 6.03 Å². The molecule has 0 bridgehead atoms. The number of hydrogen-bond donors (Lipinski definition) is 0. The molecule has 120 valence electrons. The molecule has 2 rings (SSSR count). The highest BCUT2D eigenvalue weighted by Crippen LogP contribution is 2.12. The fraction of sp³-hybridized carbons (Fsp3) is 0.533. The molecule has 0 radical (unpaired) electrons. The summed E-state index contributed by atoms with van der Waals surface area (Å²) in [4.78, 5) is 40.0. The summed E-state index contributed by atoms with van der Waals surface area (Å²) in [6, 6.07) is 3.12. The largest absolute Gasteiger partial charge is 0.467 e. The van der Waals surface area contributed by atoms with Gasteiger partial charge in [-0.3, -0.25) is 14.5 Å². The Kier molecular flexibility index (Phi) is 4.85. The van der Waals surface area contributed by atoms with E-state index in [1.54, 1.807) is 30.3 Å². The minimum Gasteiger partial charge on any atom is -0.467 e. The van der Waals surface area contributed by atoms with Crippen molar-refractivity contribution in [3.8, 4) is 0 Å². The van der Waals surface area contributed by atoms with Crippen LogP contribution in [-0.2, 0) is 16.1 Å². The summed E-state index contributed by atoms with van der Waals surface area (Å²) in [5, 5.41) is 0. The van der Waals surface area contributed by atoms with Crippen LogP contribution in [-0.4, -0.2) is 59.2 Å². The van der Waals surface area contributed by atoms with Crippen LogP contribution in [0.25, 0.3) is 0 Å². The molecule has 22 heavy (non-hydrogen) atoms. The Morgan fingerprint density at radius 1 is 1.41 bits per heavy atom. The zero-order valence-corrected chi connectivity index (χ0v) is 13.1. The van der Waals surface area contributed by atoms with Crippen molar-refractivity contribution in [2.75, 3.05) is 26.7 Å². The highest BCUT2D eigenvalue weighted by molar-refractivity contribution is 6.04. The van der Waals surface area contributed by atoms with E-state index in [2.05, 4.69) is 0 Å². The summed E-state index contributed by atoms with van der Waals surface area (Å²) < 4.78 is 5.28. The van der Waals surface area contributed by atoms with Crippen LogP contribution in [0.1, 0.15) is 19.6 Å². The van der Waals surface area contributed by atoms with E-state index in [1.807, 2.05) is 13.8 Å². The van der Waals surface area contributed by atoms with Gasteiger partial charge in [-0.15, -0.1) is 0 Å². The molecule has 1 saturated heterocycles. The van der Waals surface area contributed by atoms with Crippen molar-refractivity contribution >= 4 is 17.8 Å². The molecule has 2 heterocycles. The van der Waals surface area contributed by atoms with Crippen molar-refractivity contribution < 1.29 is 18.8 Å². The third-order valence-electron chi connectivity index (χ3n) is 3.39. The van der Waals surface area contributed by atoms with Crippen LogP contribution in [0.15, 0.2) is 22.8 Å². The summed E-state index contributed by atoms with van der Waals surface area (Å²) in [5.41, 5.74) is 0. The van der Waals surface area contributed by atoms with Gasteiger partial charge in [0.2, 0.25) is 5.91 Å². The highest BCUT2D eigenvalue weighted by Gasteiger charge is 2.35. The first kappa shape index (κ1) is 16.1. The normalized spacial score (nSPS) is 15.1. The maximum Gasteiger partial charge on any atom is 0.327 e. The predicted molar refractivity (Wildman–Crippen MR) is 78.7 cm³/mol. The number of rotatable bonds is 6. The standard InChI is InChI=1S/C15H21N3O4/c1-11(2)7-17(8-12-5-4-6-22-12)13(19)10-18-14(20)9-16(3)15(18)21/h4-6,11H,7-10H2,1-3H3. The number of hydrogen-bond acceptors (Lipinski definition) is 4. The van der Waals surface area contributed by atoms with E-state index in [0.717, 1.165) is 4.90 Å². The molecule has 1 fully saturated rings. The summed E-state index contributed by atoms with van der Waals surface area (Å²) in [6.07, 6.45) is 1.55. The molecule has 1 aliphatic rings. The molecule has 0 aliphatic carbocycles. The first-order chi connectivity index (χ1) is 10.4. The molecular weight excluding hydrogens is 286 g/mol. The summed E-state index contributed by atoms with van der Waals surface area (Å²) >= 11 is 0. The van der Waals surface area contributed by atoms with Gasteiger partial charge in [0.15, 0.2) is 0 Å². The number of furan rings is 1. The first-order valence-electron chi connectivity index (χ1n) is 7.24. The Labute approximate surface area is 129 Å². The van der Waals surface area contributed by atoms with Crippen LogP contribution in [0.4, 0.5) is 4.79 Å². The maximum absolute atomic E-state index is 12.5. The number of amides is 4. The van der Waals surface area contributed by atoms with Crippen molar-refractivity contribution in [1.82, 2.24) is 14.7 Å². The van der Waals surface area contributed by atoms with E-state index >= 15 is 0 Å². The van der Waals surface area contributed by atoms with Gasteiger partial charge in [-0.05, 0) is 18.1 Å².